The molecule has 1 saturated carbocycles. The van der Waals surface area contributed by atoms with Gasteiger partial charge in [-0.1, -0.05) is 33.6 Å². The Labute approximate surface area is 132 Å². The molecule has 1 heterocycles. The molecular weight excluding hydrogens is 280 g/mol. The highest BCUT2D eigenvalue weighted by Crippen LogP contribution is 2.37. The Hall–Kier alpha value is -1.36. The van der Waals surface area contributed by atoms with Crippen molar-refractivity contribution in [2.24, 2.45) is 11.3 Å². The van der Waals surface area contributed by atoms with Gasteiger partial charge in [0.2, 0.25) is 0 Å². The minimum Gasteiger partial charge on any atom is -0.384 e. The van der Waals surface area contributed by atoms with E-state index in [0.717, 1.165) is 5.69 Å². The van der Waals surface area contributed by atoms with E-state index in [1.165, 1.54) is 25.7 Å². The fourth-order valence-electron chi connectivity index (χ4n) is 3.16. The number of hydrogen-bond donors (Lipinski definition) is 3. The van der Waals surface area contributed by atoms with Gasteiger partial charge in [0.15, 0.2) is 5.11 Å². The van der Waals surface area contributed by atoms with E-state index in [1.54, 1.807) is 12.3 Å². The zero-order valence-corrected chi connectivity index (χ0v) is 14.0. The van der Waals surface area contributed by atoms with Gasteiger partial charge in [0.05, 0.1) is 11.9 Å². The lowest BCUT2D eigenvalue weighted by Gasteiger charge is -2.41. The molecular formula is C16H26N4S. The van der Waals surface area contributed by atoms with E-state index < -0.39 is 0 Å². The molecule has 0 aromatic carbocycles. The highest BCUT2D eigenvalue weighted by Gasteiger charge is 2.34. The van der Waals surface area contributed by atoms with Crippen LogP contribution in [0.1, 0.15) is 46.5 Å². The molecule has 0 spiro atoms. The summed E-state index contributed by atoms with van der Waals surface area (Å²) in [5.41, 5.74) is 6.75. The van der Waals surface area contributed by atoms with Gasteiger partial charge in [-0.05, 0) is 48.5 Å². The lowest BCUT2D eigenvalue weighted by atomic mass is 9.69. The van der Waals surface area contributed by atoms with Crippen LogP contribution in [0.25, 0.3) is 0 Å². The first-order chi connectivity index (χ1) is 9.86. The quantitative estimate of drug-likeness (QED) is 0.729. The van der Waals surface area contributed by atoms with Crippen molar-refractivity contribution in [3.05, 3.63) is 18.3 Å². The summed E-state index contributed by atoms with van der Waals surface area (Å²) in [6.45, 7) is 6.95. The fourth-order valence-corrected chi connectivity index (χ4v) is 3.42. The molecule has 0 saturated heterocycles. The molecule has 1 aromatic heterocycles. The minimum absolute atomic E-state index is 0.302. The van der Waals surface area contributed by atoms with E-state index >= 15 is 0 Å². The molecule has 1 aliphatic carbocycles. The van der Waals surface area contributed by atoms with Gasteiger partial charge in [-0.2, -0.15) is 0 Å². The largest absolute Gasteiger partial charge is 0.384 e. The van der Waals surface area contributed by atoms with Crippen LogP contribution < -0.4 is 16.4 Å². The second kappa shape index (κ2) is 6.60. The highest BCUT2D eigenvalue weighted by molar-refractivity contribution is 7.80. The third kappa shape index (κ3) is 4.56. The predicted octanol–water partition coefficient (Wildman–Crippen LogP) is 3.56. The maximum Gasteiger partial charge on any atom is 0.171 e. The van der Waals surface area contributed by atoms with E-state index in [0.29, 0.717) is 28.3 Å². The van der Waals surface area contributed by atoms with Crippen LogP contribution in [0.4, 0.5) is 11.5 Å². The molecule has 1 aliphatic rings. The van der Waals surface area contributed by atoms with Crippen LogP contribution in [0.5, 0.6) is 0 Å². The minimum atomic E-state index is 0.302. The lowest BCUT2D eigenvalue weighted by molar-refractivity contribution is 0.143. The molecule has 5 heteroatoms. The average Bonchev–Trinajstić information content (AvgIpc) is 2.41. The maximum atomic E-state index is 5.59. The van der Waals surface area contributed by atoms with Crippen LogP contribution in [0.2, 0.25) is 0 Å². The molecule has 4 N–H and O–H groups in total. The first kappa shape index (κ1) is 16.0. The third-order valence-corrected chi connectivity index (χ3v) is 4.46. The number of nitrogens with one attached hydrogen (secondary N) is 2. The number of hydrogen-bond acceptors (Lipinski definition) is 3. The van der Waals surface area contributed by atoms with Crippen molar-refractivity contribution >= 4 is 28.8 Å². The van der Waals surface area contributed by atoms with Gasteiger partial charge in [-0.15, -0.1) is 0 Å². The lowest BCUT2D eigenvalue weighted by Crippen LogP contribution is -2.47. The zero-order chi connectivity index (χ0) is 15.5. The summed E-state index contributed by atoms with van der Waals surface area (Å²) < 4.78 is 0. The number of thiocarbonyl (C=S) groups is 1. The van der Waals surface area contributed by atoms with E-state index in [9.17, 15) is 0 Å². The van der Waals surface area contributed by atoms with Crippen molar-refractivity contribution < 1.29 is 0 Å². The number of nitrogens with zero attached hydrogens (tertiary/aromatic N) is 1. The molecule has 2 atom stereocenters. The van der Waals surface area contributed by atoms with E-state index in [2.05, 4.69) is 36.4 Å². The van der Waals surface area contributed by atoms with E-state index in [-0.39, 0.29) is 0 Å². The number of anilines is 2. The molecule has 0 radical (unpaired) electrons. The topological polar surface area (TPSA) is 63.0 Å². The first-order valence-electron chi connectivity index (χ1n) is 7.65. The van der Waals surface area contributed by atoms with Crippen LogP contribution >= 0.6 is 12.2 Å². The zero-order valence-electron chi connectivity index (χ0n) is 13.1. The molecule has 21 heavy (non-hydrogen) atoms. The van der Waals surface area contributed by atoms with Crippen molar-refractivity contribution in [1.82, 2.24) is 10.3 Å². The molecule has 1 aromatic rings. The normalized spacial score (nSPS) is 22.6. The predicted molar refractivity (Wildman–Crippen MR) is 93.2 cm³/mol. The molecule has 0 amide bonds. The highest BCUT2D eigenvalue weighted by atomic mass is 32.1. The Morgan fingerprint density at radius 2 is 2.00 bits per heavy atom. The van der Waals surface area contributed by atoms with E-state index in [1.807, 2.05) is 6.07 Å². The summed E-state index contributed by atoms with van der Waals surface area (Å²) in [6.07, 6.45) is 6.75. The molecule has 1 fully saturated rings. The second-order valence-electron chi connectivity index (χ2n) is 6.93. The number of pyridine rings is 1. The Bertz CT molecular complexity index is 478. The van der Waals surface area contributed by atoms with E-state index in [4.69, 9.17) is 18.0 Å². The summed E-state index contributed by atoms with van der Waals surface area (Å²) >= 11 is 5.44. The number of nitrogens with two attached hydrogens (primary N) is 1. The van der Waals surface area contributed by atoms with Crippen molar-refractivity contribution in [2.45, 2.75) is 52.5 Å². The van der Waals surface area contributed by atoms with Crippen LogP contribution in [0.3, 0.4) is 0 Å². The third-order valence-electron chi connectivity index (χ3n) is 4.24. The van der Waals surface area contributed by atoms with Gasteiger partial charge in [-0.25, -0.2) is 4.98 Å². The van der Waals surface area contributed by atoms with Crippen molar-refractivity contribution in [3.63, 3.8) is 0 Å². The molecule has 116 valence electrons. The van der Waals surface area contributed by atoms with Gasteiger partial charge < -0.3 is 16.4 Å². The number of nitrogen functional groups attached to an aromatic ring is 1. The van der Waals surface area contributed by atoms with Crippen molar-refractivity contribution in [3.8, 4) is 0 Å². The summed E-state index contributed by atoms with van der Waals surface area (Å²) in [4.78, 5) is 4.06. The first-order valence-corrected chi connectivity index (χ1v) is 8.06. The van der Waals surface area contributed by atoms with Gasteiger partial charge in [-0.3, -0.25) is 0 Å². The molecule has 2 rings (SSSR count). The molecule has 0 unspecified atom stereocenters. The summed E-state index contributed by atoms with van der Waals surface area (Å²) in [7, 11) is 0. The maximum absolute atomic E-state index is 5.59. The van der Waals surface area contributed by atoms with Gasteiger partial charge >= 0.3 is 0 Å². The average molecular weight is 306 g/mol. The smallest absolute Gasteiger partial charge is 0.171 e. The summed E-state index contributed by atoms with van der Waals surface area (Å²) in [6, 6.07) is 4.10. The monoisotopic (exact) mass is 306 g/mol. The van der Waals surface area contributed by atoms with Gasteiger partial charge in [0.25, 0.3) is 0 Å². The SMILES string of the molecule is CC(C)(C)[C@H]1CCCC[C@H]1NC(=S)Nc1ccc(N)nc1. The Morgan fingerprint density at radius 3 is 2.62 bits per heavy atom. The Balaban J connectivity index is 1.95. The van der Waals surface area contributed by atoms with Gasteiger partial charge in [0.1, 0.15) is 5.82 Å². The van der Waals surface area contributed by atoms with Gasteiger partial charge in [0, 0.05) is 6.04 Å². The Kier molecular flexibility index (Phi) is 5.04. The summed E-state index contributed by atoms with van der Waals surface area (Å²) in [5.74, 6) is 1.16. The standard InChI is InChI=1S/C16H26N4S/c1-16(2,3)12-6-4-5-7-13(12)20-15(21)19-11-8-9-14(17)18-10-11/h8-10,12-13H,4-7H2,1-3H3,(H2,17,18)(H2,19,20,21)/t12-,13+/m0/s1. The summed E-state index contributed by atoms with van der Waals surface area (Å²) in [5, 5.41) is 7.36. The Morgan fingerprint density at radius 1 is 1.29 bits per heavy atom. The second-order valence-corrected chi connectivity index (χ2v) is 7.34. The fraction of sp³-hybridized carbons (Fsp3) is 0.625. The molecule has 0 aliphatic heterocycles. The van der Waals surface area contributed by atoms with Crippen molar-refractivity contribution in [2.75, 3.05) is 11.1 Å². The molecule has 0 bridgehead atoms. The van der Waals surface area contributed by atoms with Crippen LogP contribution in [-0.2, 0) is 0 Å². The van der Waals surface area contributed by atoms with Crippen LogP contribution in [-0.4, -0.2) is 16.1 Å². The molecule has 4 nitrogen and oxygen atoms in total. The number of aromatic nitrogens is 1. The van der Waals surface area contributed by atoms with Crippen molar-refractivity contribution in [1.29, 1.82) is 0 Å². The van der Waals surface area contributed by atoms with Crippen LogP contribution in [0, 0.1) is 11.3 Å². The van der Waals surface area contributed by atoms with Crippen LogP contribution in [0.15, 0.2) is 18.3 Å². The number of rotatable bonds is 2.